The highest BCUT2D eigenvalue weighted by Crippen LogP contribution is 2.18. The Morgan fingerprint density at radius 2 is 2.59 bits per heavy atom. The maximum absolute atomic E-state index is 11.8. The summed E-state index contributed by atoms with van der Waals surface area (Å²) >= 11 is 0. The van der Waals surface area contributed by atoms with Crippen LogP contribution in [-0.4, -0.2) is 38.3 Å². The van der Waals surface area contributed by atoms with Gasteiger partial charge in [0.2, 0.25) is 0 Å². The molecule has 1 aromatic heterocycles. The molecule has 0 radical (unpaired) electrons. The zero-order valence-corrected chi connectivity index (χ0v) is 9.99. The van der Waals surface area contributed by atoms with Gasteiger partial charge in [-0.15, -0.1) is 0 Å². The lowest BCUT2D eigenvalue weighted by Crippen LogP contribution is -2.52. The van der Waals surface area contributed by atoms with Crippen molar-refractivity contribution in [3.8, 4) is 0 Å². The van der Waals surface area contributed by atoms with Crippen LogP contribution >= 0.6 is 0 Å². The molecule has 1 unspecified atom stereocenters. The van der Waals surface area contributed by atoms with Crippen LogP contribution in [0.25, 0.3) is 0 Å². The quantitative estimate of drug-likeness (QED) is 0.795. The first kappa shape index (κ1) is 12.1. The number of carbonyl (C=O) groups is 1. The predicted molar refractivity (Wildman–Crippen MR) is 62.9 cm³/mol. The summed E-state index contributed by atoms with van der Waals surface area (Å²) in [5, 5.41) is 6.32. The Hall–Kier alpha value is -1.33. The summed E-state index contributed by atoms with van der Waals surface area (Å²) in [6, 6.07) is 1.65. The number of hydrogen-bond donors (Lipinski definition) is 2. The van der Waals surface area contributed by atoms with Crippen molar-refractivity contribution in [2.45, 2.75) is 18.4 Å². The van der Waals surface area contributed by atoms with Gasteiger partial charge in [-0.3, -0.25) is 4.79 Å². The van der Waals surface area contributed by atoms with E-state index < -0.39 is 0 Å². The summed E-state index contributed by atoms with van der Waals surface area (Å²) < 4.78 is 10.1. The van der Waals surface area contributed by atoms with Gasteiger partial charge in [0, 0.05) is 13.7 Å². The Morgan fingerprint density at radius 3 is 3.18 bits per heavy atom. The van der Waals surface area contributed by atoms with E-state index in [2.05, 4.69) is 10.6 Å². The number of nitrogens with one attached hydrogen (secondary N) is 2. The molecule has 17 heavy (non-hydrogen) atoms. The van der Waals surface area contributed by atoms with E-state index in [1.807, 2.05) is 0 Å². The molecule has 2 rings (SSSR count). The van der Waals surface area contributed by atoms with Gasteiger partial charge in [0.05, 0.1) is 24.0 Å². The highest BCUT2D eigenvalue weighted by molar-refractivity contribution is 5.93. The van der Waals surface area contributed by atoms with E-state index in [9.17, 15) is 4.79 Å². The predicted octanol–water partition coefficient (Wildman–Crippen LogP) is 0.778. The van der Waals surface area contributed by atoms with Crippen molar-refractivity contribution in [1.82, 2.24) is 10.6 Å². The topological polar surface area (TPSA) is 63.5 Å². The smallest absolute Gasteiger partial charge is 0.254 e. The number of ether oxygens (including phenoxy) is 1. The number of hydrogen-bond acceptors (Lipinski definition) is 4. The van der Waals surface area contributed by atoms with Gasteiger partial charge in [0.1, 0.15) is 6.26 Å². The molecule has 1 aliphatic rings. The molecular formula is C12H18N2O3. The fourth-order valence-electron chi connectivity index (χ4n) is 2.22. The highest BCUT2D eigenvalue weighted by atomic mass is 16.5. The van der Waals surface area contributed by atoms with Crippen molar-refractivity contribution in [2.24, 2.45) is 0 Å². The monoisotopic (exact) mass is 238 g/mol. The van der Waals surface area contributed by atoms with Gasteiger partial charge in [-0.25, -0.2) is 0 Å². The third kappa shape index (κ3) is 2.87. The van der Waals surface area contributed by atoms with Crippen molar-refractivity contribution in [3.63, 3.8) is 0 Å². The Morgan fingerprint density at radius 1 is 1.71 bits per heavy atom. The molecule has 2 N–H and O–H groups in total. The number of methoxy groups -OCH3 is 1. The first-order valence-electron chi connectivity index (χ1n) is 5.80. The minimum Gasteiger partial charge on any atom is -0.472 e. The normalized spacial score (nSPS) is 23.8. The van der Waals surface area contributed by atoms with Gasteiger partial charge < -0.3 is 19.8 Å². The first-order chi connectivity index (χ1) is 8.26. The van der Waals surface area contributed by atoms with Crippen molar-refractivity contribution in [1.29, 1.82) is 0 Å². The van der Waals surface area contributed by atoms with Gasteiger partial charge >= 0.3 is 0 Å². The summed E-state index contributed by atoms with van der Waals surface area (Å²) in [5.74, 6) is -0.108. The molecule has 5 heteroatoms. The summed E-state index contributed by atoms with van der Waals surface area (Å²) in [6.45, 7) is 2.16. The molecule has 0 bridgehead atoms. The zero-order valence-electron chi connectivity index (χ0n) is 9.99. The second-order valence-corrected chi connectivity index (χ2v) is 4.44. The molecule has 0 saturated carbocycles. The van der Waals surface area contributed by atoms with E-state index in [0.717, 1.165) is 19.4 Å². The van der Waals surface area contributed by atoms with Crippen LogP contribution in [0.2, 0.25) is 0 Å². The van der Waals surface area contributed by atoms with E-state index >= 15 is 0 Å². The summed E-state index contributed by atoms with van der Waals surface area (Å²) in [4.78, 5) is 11.8. The lowest BCUT2D eigenvalue weighted by molar-refractivity contribution is 0.0891. The summed E-state index contributed by atoms with van der Waals surface area (Å²) in [7, 11) is 1.68. The second-order valence-electron chi connectivity index (χ2n) is 4.44. The number of rotatable bonds is 5. The third-order valence-corrected chi connectivity index (χ3v) is 3.12. The van der Waals surface area contributed by atoms with Gasteiger partial charge in [-0.1, -0.05) is 0 Å². The van der Waals surface area contributed by atoms with Crippen molar-refractivity contribution in [2.75, 3.05) is 26.8 Å². The highest BCUT2D eigenvalue weighted by Gasteiger charge is 2.33. The Labute approximate surface area is 101 Å². The summed E-state index contributed by atoms with van der Waals surface area (Å²) in [6.07, 6.45) is 5.07. The SMILES string of the molecule is COCC1(CNC(=O)c2ccoc2)CCCN1. The van der Waals surface area contributed by atoms with Gasteiger partial charge in [0.15, 0.2) is 0 Å². The van der Waals surface area contributed by atoms with Crippen LogP contribution in [0.5, 0.6) is 0 Å². The average molecular weight is 238 g/mol. The molecular weight excluding hydrogens is 220 g/mol. The minimum atomic E-state index is -0.117. The molecule has 0 spiro atoms. The second kappa shape index (κ2) is 5.33. The van der Waals surface area contributed by atoms with Gasteiger partial charge in [-0.05, 0) is 25.5 Å². The lowest BCUT2D eigenvalue weighted by atomic mass is 9.98. The summed E-state index contributed by atoms with van der Waals surface area (Å²) in [5.41, 5.74) is 0.435. The number of amides is 1. The van der Waals surface area contributed by atoms with Gasteiger partial charge in [0.25, 0.3) is 5.91 Å². The molecule has 0 aromatic carbocycles. The number of furan rings is 1. The van der Waals surface area contributed by atoms with E-state index in [4.69, 9.17) is 9.15 Å². The van der Waals surface area contributed by atoms with Crippen LogP contribution in [0.3, 0.4) is 0 Å². The van der Waals surface area contributed by atoms with Gasteiger partial charge in [-0.2, -0.15) is 0 Å². The molecule has 2 heterocycles. The molecule has 1 amide bonds. The molecule has 0 aliphatic carbocycles. The maximum atomic E-state index is 11.8. The maximum Gasteiger partial charge on any atom is 0.254 e. The van der Waals surface area contributed by atoms with E-state index in [1.54, 1.807) is 13.2 Å². The third-order valence-electron chi connectivity index (χ3n) is 3.12. The molecule has 94 valence electrons. The van der Waals surface area contributed by atoms with Crippen molar-refractivity contribution in [3.05, 3.63) is 24.2 Å². The lowest BCUT2D eigenvalue weighted by Gasteiger charge is -2.28. The van der Waals surface area contributed by atoms with E-state index in [0.29, 0.717) is 18.7 Å². The number of carbonyl (C=O) groups excluding carboxylic acids is 1. The van der Waals surface area contributed by atoms with Crippen LogP contribution in [0.1, 0.15) is 23.2 Å². The molecule has 1 fully saturated rings. The van der Waals surface area contributed by atoms with Crippen LogP contribution in [0, 0.1) is 0 Å². The zero-order chi connectivity index (χ0) is 12.1. The van der Waals surface area contributed by atoms with Crippen LogP contribution in [-0.2, 0) is 4.74 Å². The Kier molecular flexibility index (Phi) is 3.81. The standard InChI is InChI=1S/C12H18N2O3/c1-16-9-12(4-2-5-14-12)8-13-11(15)10-3-6-17-7-10/h3,6-7,14H,2,4-5,8-9H2,1H3,(H,13,15). The van der Waals surface area contributed by atoms with E-state index in [1.165, 1.54) is 12.5 Å². The average Bonchev–Trinajstić information content (AvgIpc) is 2.98. The van der Waals surface area contributed by atoms with Crippen molar-refractivity contribution >= 4 is 5.91 Å². The largest absolute Gasteiger partial charge is 0.472 e. The Bertz CT molecular complexity index is 356. The molecule has 1 saturated heterocycles. The fraction of sp³-hybridized carbons (Fsp3) is 0.583. The first-order valence-corrected chi connectivity index (χ1v) is 5.80. The van der Waals surface area contributed by atoms with E-state index in [-0.39, 0.29) is 11.4 Å². The Balaban J connectivity index is 1.89. The molecule has 5 nitrogen and oxygen atoms in total. The minimum absolute atomic E-state index is 0.108. The van der Waals surface area contributed by atoms with Crippen LogP contribution < -0.4 is 10.6 Å². The molecule has 1 aliphatic heterocycles. The van der Waals surface area contributed by atoms with Crippen LogP contribution in [0.15, 0.2) is 23.0 Å². The van der Waals surface area contributed by atoms with Crippen LogP contribution in [0.4, 0.5) is 0 Å². The fourth-order valence-corrected chi connectivity index (χ4v) is 2.22. The molecule has 1 aromatic rings. The molecule has 1 atom stereocenters. The van der Waals surface area contributed by atoms with Crippen molar-refractivity contribution < 1.29 is 13.9 Å².